The predicted octanol–water partition coefficient (Wildman–Crippen LogP) is 3.28. The molecule has 1 aliphatic heterocycles. The molecule has 1 aliphatic rings. The molecule has 1 unspecified atom stereocenters. The van der Waals surface area contributed by atoms with Crippen molar-refractivity contribution in [1.82, 2.24) is 0 Å². The molecule has 0 spiro atoms. The van der Waals surface area contributed by atoms with Gasteiger partial charge in [-0.05, 0) is 30.2 Å². The Labute approximate surface area is 152 Å². The minimum Gasteiger partial charge on any atom is -0.493 e. The minimum absolute atomic E-state index is 0.0841. The van der Waals surface area contributed by atoms with Gasteiger partial charge in [0, 0.05) is 17.3 Å². The van der Waals surface area contributed by atoms with Crippen LogP contribution in [0.2, 0.25) is 0 Å². The van der Waals surface area contributed by atoms with Gasteiger partial charge in [-0.2, -0.15) is 5.26 Å². The number of hydrogen-bond acceptors (Lipinski definition) is 6. The van der Waals surface area contributed by atoms with E-state index in [-0.39, 0.29) is 11.8 Å². The summed E-state index contributed by atoms with van der Waals surface area (Å²) in [5.74, 6) is 1.55. The number of hydrogen-bond donors (Lipinski definition) is 2. The minimum atomic E-state index is -0.363. The van der Waals surface area contributed by atoms with E-state index in [1.807, 2.05) is 31.2 Å². The first-order valence-corrected chi connectivity index (χ1v) is 8.36. The summed E-state index contributed by atoms with van der Waals surface area (Å²) < 4.78 is 16.8. The summed E-state index contributed by atoms with van der Waals surface area (Å²) in [7, 11) is 1.59. The highest BCUT2D eigenvalue weighted by molar-refractivity contribution is 5.60. The molecule has 0 saturated heterocycles. The Kier molecular flexibility index (Phi) is 4.90. The SMILES string of the molecule is CCCOc1ccc(C2C(C#N)=C(N)Oc3cc(N)ccc32)cc1OC. The van der Waals surface area contributed by atoms with E-state index < -0.39 is 0 Å². The van der Waals surface area contributed by atoms with E-state index in [0.29, 0.717) is 35.1 Å². The summed E-state index contributed by atoms with van der Waals surface area (Å²) in [6.07, 6.45) is 0.900. The molecule has 6 nitrogen and oxygen atoms in total. The summed E-state index contributed by atoms with van der Waals surface area (Å²) in [6.45, 7) is 2.64. The van der Waals surface area contributed by atoms with Crippen LogP contribution in [0.4, 0.5) is 5.69 Å². The molecule has 0 fully saturated rings. The number of rotatable bonds is 5. The van der Waals surface area contributed by atoms with E-state index in [2.05, 4.69) is 6.07 Å². The van der Waals surface area contributed by atoms with Crippen LogP contribution in [0.25, 0.3) is 0 Å². The third-order valence-corrected chi connectivity index (χ3v) is 4.23. The van der Waals surface area contributed by atoms with Crippen LogP contribution in [0, 0.1) is 11.3 Å². The summed E-state index contributed by atoms with van der Waals surface area (Å²) in [6, 6.07) is 13.1. The molecule has 0 aromatic heterocycles. The van der Waals surface area contributed by atoms with Crippen molar-refractivity contribution < 1.29 is 14.2 Å². The molecule has 0 bridgehead atoms. The summed E-state index contributed by atoms with van der Waals surface area (Å²) in [5.41, 5.74) is 14.4. The molecule has 26 heavy (non-hydrogen) atoms. The largest absolute Gasteiger partial charge is 0.493 e. The Bertz CT molecular complexity index is 900. The van der Waals surface area contributed by atoms with Gasteiger partial charge >= 0.3 is 0 Å². The zero-order valence-electron chi connectivity index (χ0n) is 14.8. The fourth-order valence-corrected chi connectivity index (χ4v) is 3.01. The van der Waals surface area contributed by atoms with Gasteiger partial charge < -0.3 is 25.7 Å². The van der Waals surface area contributed by atoms with E-state index in [1.54, 1.807) is 19.2 Å². The molecule has 0 aliphatic carbocycles. The molecule has 0 radical (unpaired) electrons. The summed E-state index contributed by atoms with van der Waals surface area (Å²) in [5, 5.41) is 9.62. The Hall–Kier alpha value is -3.33. The lowest BCUT2D eigenvalue weighted by molar-refractivity contribution is 0.294. The number of allylic oxidation sites excluding steroid dienone is 1. The molecule has 1 heterocycles. The molecule has 3 rings (SSSR count). The topological polar surface area (TPSA) is 104 Å². The van der Waals surface area contributed by atoms with Gasteiger partial charge in [-0.15, -0.1) is 0 Å². The van der Waals surface area contributed by atoms with E-state index in [4.69, 9.17) is 25.7 Å². The molecule has 1 atom stereocenters. The first kappa shape index (κ1) is 17.5. The van der Waals surface area contributed by atoms with Crippen LogP contribution >= 0.6 is 0 Å². The molecular formula is C20H21N3O3. The fourth-order valence-electron chi connectivity index (χ4n) is 3.01. The number of nitrogens with zero attached hydrogens (tertiary/aromatic N) is 1. The van der Waals surface area contributed by atoms with Gasteiger partial charge in [0.2, 0.25) is 5.88 Å². The van der Waals surface area contributed by atoms with Crippen molar-refractivity contribution in [3.63, 3.8) is 0 Å². The Morgan fingerprint density at radius 2 is 1.96 bits per heavy atom. The van der Waals surface area contributed by atoms with Crippen LogP contribution in [0.5, 0.6) is 17.2 Å². The first-order valence-electron chi connectivity index (χ1n) is 8.36. The zero-order valence-corrected chi connectivity index (χ0v) is 14.8. The number of anilines is 1. The van der Waals surface area contributed by atoms with Crippen LogP contribution < -0.4 is 25.7 Å². The lowest BCUT2D eigenvalue weighted by atomic mass is 9.83. The van der Waals surface area contributed by atoms with Crippen LogP contribution in [-0.4, -0.2) is 13.7 Å². The number of nitrogen functional groups attached to an aromatic ring is 1. The quantitative estimate of drug-likeness (QED) is 0.801. The molecule has 4 N–H and O–H groups in total. The van der Waals surface area contributed by atoms with Crippen molar-refractivity contribution in [1.29, 1.82) is 5.26 Å². The monoisotopic (exact) mass is 351 g/mol. The number of benzene rings is 2. The molecule has 134 valence electrons. The molecular weight excluding hydrogens is 330 g/mol. The Morgan fingerprint density at radius 3 is 2.65 bits per heavy atom. The Balaban J connectivity index is 2.11. The summed E-state index contributed by atoms with van der Waals surface area (Å²) in [4.78, 5) is 0. The van der Waals surface area contributed by atoms with Crippen LogP contribution in [-0.2, 0) is 0 Å². The molecule has 6 heteroatoms. The van der Waals surface area contributed by atoms with E-state index >= 15 is 0 Å². The molecule has 2 aromatic carbocycles. The third kappa shape index (κ3) is 3.11. The zero-order chi connectivity index (χ0) is 18.7. The van der Waals surface area contributed by atoms with Gasteiger partial charge in [0.05, 0.1) is 19.6 Å². The van der Waals surface area contributed by atoms with E-state index in [0.717, 1.165) is 17.5 Å². The maximum atomic E-state index is 9.62. The average Bonchev–Trinajstić information content (AvgIpc) is 2.65. The smallest absolute Gasteiger partial charge is 0.205 e. The number of nitrogens with two attached hydrogens (primary N) is 2. The second-order valence-corrected chi connectivity index (χ2v) is 5.98. The number of methoxy groups -OCH3 is 1. The lowest BCUT2D eigenvalue weighted by Gasteiger charge is -2.27. The first-order chi connectivity index (χ1) is 12.6. The van der Waals surface area contributed by atoms with Crippen molar-refractivity contribution in [3.8, 4) is 23.3 Å². The van der Waals surface area contributed by atoms with Crippen LogP contribution in [0.15, 0.2) is 47.9 Å². The highest BCUT2D eigenvalue weighted by Gasteiger charge is 2.31. The third-order valence-electron chi connectivity index (χ3n) is 4.23. The van der Waals surface area contributed by atoms with E-state index in [1.165, 1.54) is 0 Å². The molecule has 0 saturated carbocycles. The van der Waals surface area contributed by atoms with Gasteiger partial charge in [0.1, 0.15) is 17.4 Å². The highest BCUT2D eigenvalue weighted by atomic mass is 16.5. The van der Waals surface area contributed by atoms with Gasteiger partial charge in [-0.1, -0.05) is 19.1 Å². The number of ether oxygens (including phenoxy) is 3. The van der Waals surface area contributed by atoms with Crippen molar-refractivity contribution >= 4 is 5.69 Å². The van der Waals surface area contributed by atoms with Crippen LogP contribution in [0.1, 0.15) is 30.4 Å². The number of nitriles is 1. The second-order valence-electron chi connectivity index (χ2n) is 5.98. The van der Waals surface area contributed by atoms with Crippen molar-refractivity contribution in [2.75, 3.05) is 19.5 Å². The van der Waals surface area contributed by atoms with Crippen molar-refractivity contribution in [3.05, 3.63) is 59.0 Å². The normalized spacial score (nSPS) is 15.7. The van der Waals surface area contributed by atoms with Gasteiger partial charge in [0.25, 0.3) is 0 Å². The maximum Gasteiger partial charge on any atom is 0.205 e. The maximum absolute atomic E-state index is 9.62. The van der Waals surface area contributed by atoms with Crippen molar-refractivity contribution in [2.45, 2.75) is 19.3 Å². The number of fused-ring (bicyclic) bond motifs is 1. The molecule has 2 aromatic rings. The van der Waals surface area contributed by atoms with Gasteiger partial charge in [-0.25, -0.2) is 0 Å². The molecule has 0 amide bonds. The van der Waals surface area contributed by atoms with E-state index in [9.17, 15) is 5.26 Å². The highest BCUT2D eigenvalue weighted by Crippen LogP contribution is 2.44. The fraction of sp³-hybridized carbons (Fsp3) is 0.250. The Morgan fingerprint density at radius 1 is 1.15 bits per heavy atom. The van der Waals surface area contributed by atoms with Crippen LogP contribution in [0.3, 0.4) is 0 Å². The van der Waals surface area contributed by atoms with Gasteiger partial charge in [0.15, 0.2) is 11.5 Å². The van der Waals surface area contributed by atoms with Crippen molar-refractivity contribution in [2.24, 2.45) is 5.73 Å². The second kappa shape index (κ2) is 7.28. The summed E-state index contributed by atoms with van der Waals surface area (Å²) >= 11 is 0. The standard InChI is InChI=1S/C20H21N3O3/c1-3-8-25-16-7-4-12(9-18(16)24-2)19-14-6-5-13(22)10-17(14)26-20(23)15(19)11-21/h4-7,9-10,19H,3,8,22-23H2,1-2H3. The average molecular weight is 351 g/mol. The van der Waals surface area contributed by atoms with Gasteiger partial charge in [-0.3, -0.25) is 0 Å². The lowest BCUT2D eigenvalue weighted by Crippen LogP contribution is -2.21. The predicted molar refractivity (Wildman–Crippen MR) is 98.9 cm³/mol.